The number of rotatable bonds is 4. The lowest BCUT2D eigenvalue weighted by atomic mass is 9.73. The van der Waals surface area contributed by atoms with Gasteiger partial charge in [-0.3, -0.25) is 19.3 Å². The zero-order valence-corrected chi connectivity index (χ0v) is 15.4. The first-order valence-electron chi connectivity index (χ1n) is 8.77. The molecule has 5 amide bonds. The predicted molar refractivity (Wildman–Crippen MR) is 91.5 cm³/mol. The van der Waals surface area contributed by atoms with Gasteiger partial charge in [0.15, 0.2) is 0 Å². The van der Waals surface area contributed by atoms with Crippen molar-refractivity contribution in [1.82, 2.24) is 20.9 Å². The van der Waals surface area contributed by atoms with Gasteiger partial charge >= 0.3 is 6.03 Å². The van der Waals surface area contributed by atoms with Crippen molar-refractivity contribution >= 4 is 23.8 Å². The molecule has 0 aromatic heterocycles. The van der Waals surface area contributed by atoms with Gasteiger partial charge in [0.1, 0.15) is 12.1 Å². The minimum Gasteiger partial charge on any atom is -0.350 e. The molecule has 2 aliphatic rings. The van der Waals surface area contributed by atoms with Crippen LogP contribution in [0, 0.1) is 5.92 Å². The molecule has 1 spiro atoms. The van der Waals surface area contributed by atoms with Crippen LogP contribution >= 0.6 is 0 Å². The number of carbonyl (C=O) groups is 4. The van der Waals surface area contributed by atoms with Crippen molar-refractivity contribution in [2.45, 2.75) is 64.5 Å². The Labute approximate surface area is 148 Å². The molecule has 1 saturated carbocycles. The van der Waals surface area contributed by atoms with Crippen LogP contribution < -0.4 is 16.0 Å². The standard InChI is InChI=1S/C17H28N4O4/c1-11-7-5-6-8-17(11)14(24)21(15(25)20-17)10-13(23)18-9-12(22)19-16(2,3)4/h11H,5-10H2,1-4H3,(H,18,23)(H,19,22)(H,20,25)/t11-,17+/m0/s1. The lowest BCUT2D eigenvalue weighted by Crippen LogP contribution is -2.54. The van der Waals surface area contributed by atoms with Crippen molar-refractivity contribution in [2.75, 3.05) is 13.1 Å². The molecule has 1 saturated heterocycles. The first kappa shape index (κ1) is 19.2. The molecule has 2 rings (SSSR count). The Kier molecular flexibility index (Phi) is 5.39. The van der Waals surface area contributed by atoms with Gasteiger partial charge in [-0.25, -0.2) is 4.79 Å². The van der Waals surface area contributed by atoms with E-state index in [0.29, 0.717) is 6.42 Å². The van der Waals surface area contributed by atoms with Crippen LogP contribution in [-0.4, -0.2) is 52.8 Å². The lowest BCUT2D eigenvalue weighted by molar-refractivity contribution is -0.137. The molecule has 140 valence electrons. The van der Waals surface area contributed by atoms with Crippen LogP contribution in [-0.2, 0) is 14.4 Å². The van der Waals surface area contributed by atoms with Crippen molar-refractivity contribution in [3.05, 3.63) is 0 Å². The zero-order chi connectivity index (χ0) is 18.8. The second-order valence-electron chi connectivity index (χ2n) is 8.01. The zero-order valence-electron chi connectivity index (χ0n) is 15.4. The summed E-state index contributed by atoms with van der Waals surface area (Å²) in [4.78, 5) is 49.7. The maximum atomic E-state index is 12.7. The number of hydrogen-bond donors (Lipinski definition) is 3. The maximum absolute atomic E-state index is 12.7. The molecule has 0 aromatic carbocycles. The van der Waals surface area contributed by atoms with E-state index in [2.05, 4.69) is 16.0 Å². The summed E-state index contributed by atoms with van der Waals surface area (Å²) in [5, 5.41) is 7.97. The van der Waals surface area contributed by atoms with E-state index in [0.717, 1.165) is 24.2 Å². The Morgan fingerprint density at radius 3 is 2.52 bits per heavy atom. The largest absolute Gasteiger partial charge is 0.350 e. The number of hydrogen-bond acceptors (Lipinski definition) is 4. The molecule has 2 fully saturated rings. The first-order chi connectivity index (χ1) is 11.5. The van der Waals surface area contributed by atoms with Crippen LogP contribution in [0.2, 0.25) is 0 Å². The SMILES string of the molecule is C[C@H]1CCCC[C@@]12NC(=O)N(CC(=O)NCC(=O)NC(C)(C)C)C2=O. The molecule has 1 aliphatic carbocycles. The molecule has 8 heteroatoms. The van der Waals surface area contributed by atoms with Crippen LogP contribution in [0.1, 0.15) is 53.4 Å². The van der Waals surface area contributed by atoms with Crippen LogP contribution in [0.25, 0.3) is 0 Å². The summed E-state index contributed by atoms with van der Waals surface area (Å²) in [7, 11) is 0. The molecular formula is C17H28N4O4. The normalized spacial score (nSPS) is 26.6. The van der Waals surface area contributed by atoms with E-state index in [4.69, 9.17) is 0 Å². The number of nitrogens with zero attached hydrogens (tertiary/aromatic N) is 1. The summed E-state index contributed by atoms with van der Waals surface area (Å²) in [6, 6.07) is -0.534. The molecular weight excluding hydrogens is 324 g/mol. The van der Waals surface area contributed by atoms with E-state index in [-0.39, 0.29) is 30.8 Å². The number of nitrogens with one attached hydrogen (secondary N) is 3. The summed E-state index contributed by atoms with van der Waals surface area (Å²) in [6.45, 7) is 6.90. The number of carbonyl (C=O) groups excluding carboxylic acids is 4. The molecule has 1 aliphatic heterocycles. The quantitative estimate of drug-likeness (QED) is 0.641. The van der Waals surface area contributed by atoms with Gasteiger partial charge in [0.05, 0.1) is 6.54 Å². The van der Waals surface area contributed by atoms with E-state index in [9.17, 15) is 19.2 Å². The highest BCUT2D eigenvalue weighted by molar-refractivity contribution is 6.09. The van der Waals surface area contributed by atoms with Crippen molar-refractivity contribution in [3.8, 4) is 0 Å². The topological polar surface area (TPSA) is 108 Å². The van der Waals surface area contributed by atoms with Gasteiger partial charge in [0.25, 0.3) is 5.91 Å². The van der Waals surface area contributed by atoms with E-state index in [1.54, 1.807) is 0 Å². The molecule has 3 N–H and O–H groups in total. The number of imide groups is 1. The van der Waals surface area contributed by atoms with Crippen molar-refractivity contribution in [2.24, 2.45) is 5.92 Å². The van der Waals surface area contributed by atoms with E-state index < -0.39 is 23.0 Å². The fourth-order valence-corrected chi connectivity index (χ4v) is 3.48. The van der Waals surface area contributed by atoms with Gasteiger partial charge in [-0.1, -0.05) is 19.8 Å². The summed E-state index contributed by atoms with van der Waals surface area (Å²) >= 11 is 0. The third-order valence-electron chi connectivity index (χ3n) is 4.76. The van der Waals surface area contributed by atoms with E-state index in [1.807, 2.05) is 27.7 Å². The van der Waals surface area contributed by atoms with Crippen molar-refractivity contribution in [3.63, 3.8) is 0 Å². The maximum Gasteiger partial charge on any atom is 0.325 e. The van der Waals surface area contributed by atoms with Crippen molar-refractivity contribution < 1.29 is 19.2 Å². The molecule has 8 nitrogen and oxygen atoms in total. The highest BCUT2D eigenvalue weighted by Crippen LogP contribution is 2.38. The minimum absolute atomic E-state index is 0.0447. The van der Waals surface area contributed by atoms with Gasteiger partial charge in [-0.15, -0.1) is 0 Å². The monoisotopic (exact) mass is 352 g/mol. The highest BCUT2D eigenvalue weighted by Gasteiger charge is 2.55. The molecule has 25 heavy (non-hydrogen) atoms. The minimum atomic E-state index is -0.876. The van der Waals surface area contributed by atoms with Crippen molar-refractivity contribution in [1.29, 1.82) is 0 Å². The Bertz CT molecular complexity index is 584. The Morgan fingerprint density at radius 1 is 1.24 bits per heavy atom. The molecule has 0 radical (unpaired) electrons. The second kappa shape index (κ2) is 7.01. The predicted octanol–water partition coefficient (Wildman–Crippen LogP) is 0.518. The fraction of sp³-hybridized carbons (Fsp3) is 0.765. The van der Waals surface area contributed by atoms with Gasteiger partial charge in [0, 0.05) is 5.54 Å². The Morgan fingerprint density at radius 2 is 1.92 bits per heavy atom. The average Bonchev–Trinajstić information content (AvgIpc) is 2.72. The summed E-state index contributed by atoms with van der Waals surface area (Å²) in [5.41, 5.74) is -1.27. The Balaban J connectivity index is 1.91. The van der Waals surface area contributed by atoms with Crippen LogP contribution in [0.15, 0.2) is 0 Å². The molecule has 1 heterocycles. The van der Waals surface area contributed by atoms with Crippen LogP contribution in [0.3, 0.4) is 0 Å². The summed E-state index contributed by atoms with van der Waals surface area (Å²) < 4.78 is 0. The molecule has 0 unspecified atom stereocenters. The van der Waals surface area contributed by atoms with Crippen LogP contribution in [0.5, 0.6) is 0 Å². The van der Waals surface area contributed by atoms with Gasteiger partial charge in [0.2, 0.25) is 11.8 Å². The molecule has 2 atom stereocenters. The highest BCUT2D eigenvalue weighted by atomic mass is 16.2. The fourth-order valence-electron chi connectivity index (χ4n) is 3.48. The molecule has 0 aromatic rings. The average molecular weight is 352 g/mol. The third kappa shape index (κ3) is 4.29. The molecule has 0 bridgehead atoms. The summed E-state index contributed by atoms with van der Waals surface area (Å²) in [6.07, 6.45) is 3.39. The number of urea groups is 1. The lowest BCUT2D eigenvalue weighted by Gasteiger charge is -2.36. The van der Waals surface area contributed by atoms with Crippen LogP contribution in [0.4, 0.5) is 4.79 Å². The smallest absolute Gasteiger partial charge is 0.325 e. The third-order valence-corrected chi connectivity index (χ3v) is 4.76. The first-order valence-corrected chi connectivity index (χ1v) is 8.77. The summed E-state index contributed by atoms with van der Waals surface area (Å²) in [5.74, 6) is -1.15. The van der Waals surface area contributed by atoms with Gasteiger partial charge < -0.3 is 16.0 Å². The second-order valence-corrected chi connectivity index (χ2v) is 8.01. The number of amides is 5. The van der Waals surface area contributed by atoms with E-state index >= 15 is 0 Å². The van der Waals surface area contributed by atoms with Gasteiger partial charge in [-0.2, -0.15) is 0 Å². The Hall–Kier alpha value is -2.12. The van der Waals surface area contributed by atoms with E-state index in [1.165, 1.54) is 0 Å². The van der Waals surface area contributed by atoms with Gasteiger partial charge in [-0.05, 0) is 39.5 Å².